The standard InChI is InChI=1S/C40H40F3N5O4/c1-3-28-31(42)9-6-23-15-27(50)16-29(32(23)28)33-35(43)36-34(30-14-22(2)52-37(30)33)38(46-19-25-7-8-26(20-46)48(25)12-5-13-49)45-39(44-36)51-21-40-10-4-11-47(40)18-24(41)17-40/h1,6,9,14-16,24-26,49-50H,4-5,7-8,10-13,17-21H2,2H3/t24-,25-,26+,40+/m1/s1. The number of aliphatic hydroxyl groups excluding tert-OH is 1. The summed E-state index contributed by atoms with van der Waals surface area (Å²) >= 11 is 0. The summed E-state index contributed by atoms with van der Waals surface area (Å²) in [4.78, 5) is 16.5. The van der Waals surface area contributed by atoms with Crippen LogP contribution in [0.2, 0.25) is 0 Å². The number of phenolic OH excluding ortho intramolecular Hbond substituents is 1. The maximum atomic E-state index is 17.6. The van der Waals surface area contributed by atoms with E-state index in [9.17, 15) is 14.6 Å². The number of piperazine rings is 1. The van der Waals surface area contributed by atoms with Crippen molar-refractivity contribution in [1.29, 1.82) is 0 Å². The molecule has 2 aromatic heterocycles. The average molecular weight is 712 g/mol. The van der Waals surface area contributed by atoms with Gasteiger partial charge in [-0.25, -0.2) is 13.2 Å². The maximum Gasteiger partial charge on any atom is 0.319 e. The number of hydrogen-bond acceptors (Lipinski definition) is 9. The molecular formula is C40H40F3N5O4. The van der Waals surface area contributed by atoms with Crippen molar-refractivity contribution in [3.05, 3.63) is 53.3 Å². The van der Waals surface area contributed by atoms with Gasteiger partial charge in [0.05, 0.1) is 22.1 Å². The Hall–Kier alpha value is -4.57. The Labute approximate surface area is 299 Å². The fourth-order valence-corrected chi connectivity index (χ4v) is 9.67. The van der Waals surface area contributed by atoms with Gasteiger partial charge in [0.25, 0.3) is 0 Å². The molecule has 9 nitrogen and oxygen atoms in total. The van der Waals surface area contributed by atoms with E-state index < -0.39 is 23.3 Å². The van der Waals surface area contributed by atoms with Crippen LogP contribution in [-0.4, -0.2) is 99.7 Å². The average Bonchev–Trinajstić information content (AvgIpc) is 3.84. The molecule has 270 valence electrons. The summed E-state index contributed by atoms with van der Waals surface area (Å²) in [6.07, 6.45) is 9.65. The molecule has 0 radical (unpaired) electrons. The molecular weight excluding hydrogens is 671 g/mol. The van der Waals surface area contributed by atoms with E-state index in [1.165, 1.54) is 24.3 Å². The van der Waals surface area contributed by atoms with E-state index in [0.29, 0.717) is 60.2 Å². The molecule has 0 amide bonds. The molecule has 9 rings (SSSR count). The summed E-state index contributed by atoms with van der Waals surface area (Å²) in [7, 11) is 0. The number of alkyl halides is 1. The van der Waals surface area contributed by atoms with Crippen molar-refractivity contribution >= 4 is 38.5 Å². The molecule has 0 spiro atoms. The van der Waals surface area contributed by atoms with Crippen molar-refractivity contribution in [2.24, 2.45) is 0 Å². The van der Waals surface area contributed by atoms with Crippen molar-refractivity contribution in [3.63, 3.8) is 0 Å². The first-order valence-electron chi connectivity index (χ1n) is 18.2. The zero-order chi connectivity index (χ0) is 35.9. The molecule has 52 heavy (non-hydrogen) atoms. The summed E-state index contributed by atoms with van der Waals surface area (Å²) in [6.45, 7) is 5.30. The van der Waals surface area contributed by atoms with E-state index in [2.05, 4.69) is 20.6 Å². The number of rotatable bonds is 8. The molecule has 5 aromatic rings. The third-order valence-electron chi connectivity index (χ3n) is 11.9. The number of anilines is 1. The van der Waals surface area contributed by atoms with Crippen molar-refractivity contribution < 1.29 is 32.5 Å². The van der Waals surface area contributed by atoms with Crippen LogP contribution in [0.1, 0.15) is 49.8 Å². The lowest BCUT2D eigenvalue weighted by Crippen LogP contribution is -2.54. The van der Waals surface area contributed by atoms with Gasteiger partial charge in [-0.3, -0.25) is 9.80 Å². The van der Waals surface area contributed by atoms with Crippen LogP contribution in [-0.2, 0) is 0 Å². The first-order valence-corrected chi connectivity index (χ1v) is 18.2. The molecule has 6 heterocycles. The third-order valence-corrected chi connectivity index (χ3v) is 11.9. The van der Waals surface area contributed by atoms with Gasteiger partial charge in [0.2, 0.25) is 0 Å². The minimum absolute atomic E-state index is 0.0101. The molecule has 4 atom stereocenters. The Morgan fingerprint density at radius 3 is 2.67 bits per heavy atom. The monoisotopic (exact) mass is 711 g/mol. The Morgan fingerprint density at radius 1 is 1.10 bits per heavy atom. The Morgan fingerprint density at radius 2 is 1.90 bits per heavy atom. The van der Waals surface area contributed by atoms with E-state index in [-0.39, 0.29) is 70.2 Å². The van der Waals surface area contributed by atoms with E-state index in [1.807, 2.05) is 6.07 Å². The van der Waals surface area contributed by atoms with Crippen LogP contribution in [0, 0.1) is 30.9 Å². The molecule has 2 N–H and O–H groups in total. The highest BCUT2D eigenvalue weighted by atomic mass is 19.1. The molecule has 3 aromatic carbocycles. The van der Waals surface area contributed by atoms with Gasteiger partial charge in [0, 0.05) is 67.6 Å². The van der Waals surface area contributed by atoms with Crippen LogP contribution in [0.5, 0.6) is 11.8 Å². The van der Waals surface area contributed by atoms with Gasteiger partial charge in [-0.15, -0.1) is 6.42 Å². The predicted octanol–water partition coefficient (Wildman–Crippen LogP) is 6.46. The third kappa shape index (κ3) is 5.19. The number of phenols is 1. The second-order valence-electron chi connectivity index (χ2n) is 15.0. The zero-order valence-corrected chi connectivity index (χ0v) is 29.0. The molecule has 4 aliphatic heterocycles. The maximum absolute atomic E-state index is 17.6. The number of aliphatic hydroxyl groups is 1. The number of aromatic nitrogens is 2. The second-order valence-corrected chi connectivity index (χ2v) is 15.0. The molecule has 0 aliphatic carbocycles. The SMILES string of the molecule is C#Cc1c(F)ccc2cc(O)cc(-c3c(F)c4nc(OC[C@@]56CCCN5C[C@H](F)C6)nc(N5C[C@H]6CC[C@@H](C5)N6CCCO)c4c4cc(C)oc34)c12. The van der Waals surface area contributed by atoms with Crippen LogP contribution in [0.3, 0.4) is 0 Å². The summed E-state index contributed by atoms with van der Waals surface area (Å²) in [5.74, 6) is 1.90. The van der Waals surface area contributed by atoms with E-state index >= 15 is 8.78 Å². The Kier molecular flexibility index (Phi) is 8.02. The van der Waals surface area contributed by atoms with Gasteiger partial charge in [0.15, 0.2) is 5.82 Å². The minimum atomic E-state index is -0.943. The largest absolute Gasteiger partial charge is 0.508 e. The van der Waals surface area contributed by atoms with E-state index in [0.717, 1.165) is 38.8 Å². The van der Waals surface area contributed by atoms with Crippen molar-refractivity contribution in [3.8, 4) is 35.2 Å². The topological polar surface area (TPSA) is 98.3 Å². The molecule has 4 saturated heterocycles. The van der Waals surface area contributed by atoms with Gasteiger partial charge >= 0.3 is 6.01 Å². The first kappa shape index (κ1) is 33.3. The molecule has 2 bridgehead atoms. The molecule has 4 fully saturated rings. The quantitative estimate of drug-likeness (QED) is 0.176. The number of halogens is 3. The Bertz CT molecular complexity index is 2280. The lowest BCUT2D eigenvalue weighted by Gasteiger charge is -2.42. The number of furan rings is 1. The van der Waals surface area contributed by atoms with Crippen molar-refractivity contribution in [2.45, 2.75) is 69.2 Å². The van der Waals surface area contributed by atoms with E-state index in [4.69, 9.17) is 25.5 Å². The van der Waals surface area contributed by atoms with Crippen LogP contribution < -0.4 is 9.64 Å². The number of nitrogens with zero attached hydrogens (tertiary/aromatic N) is 5. The summed E-state index contributed by atoms with van der Waals surface area (Å²) in [6, 6.07) is 7.82. The Balaban J connectivity index is 1.26. The van der Waals surface area contributed by atoms with Crippen molar-refractivity contribution in [1.82, 2.24) is 19.8 Å². The second kappa shape index (κ2) is 12.5. The lowest BCUT2D eigenvalue weighted by atomic mass is 9.91. The first-order chi connectivity index (χ1) is 25.2. The van der Waals surface area contributed by atoms with Gasteiger partial charge < -0.3 is 24.3 Å². The van der Waals surface area contributed by atoms with Crippen molar-refractivity contribution in [2.75, 3.05) is 50.8 Å². The van der Waals surface area contributed by atoms with Gasteiger partial charge in [-0.1, -0.05) is 12.0 Å². The normalized spacial score (nSPS) is 24.8. The number of aryl methyl sites for hydroxylation is 1. The summed E-state index contributed by atoms with van der Waals surface area (Å²) in [5, 5.41) is 22.1. The van der Waals surface area contributed by atoms with Gasteiger partial charge in [-0.2, -0.15) is 9.97 Å². The summed E-state index contributed by atoms with van der Waals surface area (Å²) in [5.41, 5.74) is -0.192. The van der Waals surface area contributed by atoms with Crippen LogP contribution in [0.25, 0.3) is 43.8 Å². The lowest BCUT2D eigenvalue weighted by molar-refractivity contribution is 0.107. The highest BCUT2D eigenvalue weighted by molar-refractivity contribution is 6.18. The summed E-state index contributed by atoms with van der Waals surface area (Å²) < 4.78 is 60.2. The van der Waals surface area contributed by atoms with E-state index in [1.54, 1.807) is 6.92 Å². The number of terminal acetylenes is 1. The molecule has 0 saturated carbocycles. The molecule has 4 aliphatic rings. The number of fused-ring (bicyclic) bond motifs is 7. The fourth-order valence-electron chi connectivity index (χ4n) is 9.67. The molecule has 0 unspecified atom stereocenters. The predicted molar refractivity (Wildman–Crippen MR) is 192 cm³/mol. The highest BCUT2D eigenvalue weighted by Gasteiger charge is 2.49. The fraction of sp³-hybridized carbons (Fsp3) is 0.450. The number of aromatic hydroxyl groups is 1. The molecule has 12 heteroatoms. The number of benzene rings is 3. The van der Waals surface area contributed by atoms with Crippen LogP contribution in [0.4, 0.5) is 19.0 Å². The smallest absolute Gasteiger partial charge is 0.319 e. The highest BCUT2D eigenvalue weighted by Crippen LogP contribution is 2.47. The number of ether oxygens (including phenoxy) is 1. The van der Waals surface area contributed by atoms with Gasteiger partial charge in [0.1, 0.15) is 47.0 Å². The number of hydrogen-bond donors (Lipinski definition) is 2. The van der Waals surface area contributed by atoms with Gasteiger partial charge in [-0.05, 0) is 75.2 Å². The zero-order valence-electron chi connectivity index (χ0n) is 29.0. The van der Waals surface area contributed by atoms with Crippen LogP contribution >= 0.6 is 0 Å². The minimum Gasteiger partial charge on any atom is -0.508 e. The van der Waals surface area contributed by atoms with Crippen LogP contribution in [0.15, 0.2) is 34.7 Å².